The molecule has 0 heterocycles. The Hall–Kier alpha value is -3.76. The highest BCUT2D eigenvalue weighted by atomic mass is 16.5. The number of aliphatic hydroxyl groups is 4. The fraction of sp³-hybridized carbons (Fsp3) is 0.510. The third-order valence-corrected chi connectivity index (χ3v) is 11.3. The van der Waals surface area contributed by atoms with Crippen molar-refractivity contribution in [3.63, 3.8) is 0 Å². The minimum Gasteiger partial charge on any atom is -0.494 e. The molecule has 0 saturated heterocycles. The average Bonchev–Trinajstić information content (AvgIpc) is 3.25. The molecule has 312 valence electrons. The van der Waals surface area contributed by atoms with Crippen LogP contribution in [-0.4, -0.2) is 70.8 Å². The first-order valence-electron chi connectivity index (χ1n) is 21.5. The van der Waals surface area contributed by atoms with Gasteiger partial charge in [-0.05, 0) is 111 Å². The Labute approximate surface area is 342 Å². The van der Waals surface area contributed by atoms with E-state index in [1.807, 2.05) is 48.5 Å². The Bertz CT molecular complexity index is 1580. The second-order valence-electron chi connectivity index (χ2n) is 15.8. The van der Waals surface area contributed by atoms with Crippen LogP contribution in [0.25, 0.3) is 0 Å². The second-order valence-corrected chi connectivity index (χ2v) is 15.8. The Balaban J connectivity index is 1.14. The van der Waals surface area contributed by atoms with E-state index in [1.165, 1.54) is 56.1 Å². The predicted molar refractivity (Wildman–Crippen MR) is 232 cm³/mol. The monoisotopic (exact) mass is 783 g/mol. The molecule has 0 amide bonds. The van der Waals surface area contributed by atoms with Crippen LogP contribution in [0.3, 0.4) is 0 Å². The van der Waals surface area contributed by atoms with Crippen LogP contribution >= 0.6 is 0 Å². The molecule has 0 aromatic heterocycles. The first kappa shape index (κ1) is 45.9. The van der Waals surface area contributed by atoms with Gasteiger partial charge >= 0.3 is 0 Å². The molecule has 8 nitrogen and oxygen atoms in total. The first-order valence-corrected chi connectivity index (χ1v) is 21.5. The maximum atomic E-state index is 10.7. The van der Waals surface area contributed by atoms with E-state index in [2.05, 4.69) is 66.0 Å². The predicted octanol–water partition coefficient (Wildman–Crippen LogP) is 8.11. The fourth-order valence-corrected chi connectivity index (χ4v) is 7.40. The lowest BCUT2D eigenvalue weighted by Gasteiger charge is -2.44. The van der Waals surface area contributed by atoms with Crippen molar-refractivity contribution in [1.82, 2.24) is 5.32 Å². The molecule has 4 rings (SSSR count). The van der Waals surface area contributed by atoms with Gasteiger partial charge in [0.1, 0.15) is 17.7 Å². The summed E-state index contributed by atoms with van der Waals surface area (Å²) in [5.74, 6) is 1.63. The number of nitrogens with two attached hydrogens (primary N) is 1. The molecule has 0 fully saturated rings. The van der Waals surface area contributed by atoms with Gasteiger partial charge in [-0.3, -0.25) is 5.32 Å². The molecule has 0 bridgehead atoms. The average molecular weight is 783 g/mol. The summed E-state index contributed by atoms with van der Waals surface area (Å²) >= 11 is 0. The summed E-state index contributed by atoms with van der Waals surface area (Å²) < 4.78 is 12.0. The van der Waals surface area contributed by atoms with E-state index in [0.29, 0.717) is 32.5 Å². The van der Waals surface area contributed by atoms with Crippen molar-refractivity contribution in [3.8, 4) is 11.5 Å². The molecular weight excluding hydrogens is 713 g/mol. The lowest BCUT2D eigenvalue weighted by molar-refractivity contribution is -0.0308. The molecule has 0 aliphatic carbocycles. The number of unbranched alkanes of at least 4 members (excludes halogenated alkanes) is 9. The largest absolute Gasteiger partial charge is 0.494 e. The van der Waals surface area contributed by atoms with E-state index < -0.39 is 37.1 Å². The SMILES string of the molecule is NC(O)C(CO)(CCc1ccc(OCCCCCCCCc2ccccc2)cc1)NC(CO)(CO)CCc1ccc(OCCCCCCCc2ccccc2)cc1. The number of nitrogens with one attached hydrogen (secondary N) is 1. The van der Waals surface area contributed by atoms with Crippen LogP contribution in [-0.2, 0) is 25.7 Å². The van der Waals surface area contributed by atoms with Crippen molar-refractivity contribution in [2.24, 2.45) is 5.73 Å². The maximum Gasteiger partial charge on any atom is 0.123 e. The number of aryl methyl sites for hydroxylation is 4. The maximum absolute atomic E-state index is 10.7. The summed E-state index contributed by atoms with van der Waals surface area (Å²) in [4.78, 5) is 0. The molecular formula is C49H70N2O6. The Kier molecular flexibility index (Phi) is 21.2. The topological polar surface area (TPSA) is 137 Å². The van der Waals surface area contributed by atoms with Crippen molar-refractivity contribution >= 4 is 0 Å². The fourth-order valence-electron chi connectivity index (χ4n) is 7.40. The number of rotatable bonds is 31. The number of hydrogen-bond acceptors (Lipinski definition) is 8. The lowest BCUT2D eigenvalue weighted by atomic mass is 9.84. The molecule has 2 atom stereocenters. The molecule has 0 aliphatic heterocycles. The van der Waals surface area contributed by atoms with E-state index in [4.69, 9.17) is 15.2 Å². The van der Waals surface area contributed by atoms with Crippen LogP contribution < -0.4 is 20.5 Å². The van der Waals surface area contributed by atoms with Crippen LogP contribution in [0.1, 0.15) is 106 Å². The quantitative estimate of drug-likeness (QED) is 0.0223. The summed E-state index contributed by atoms with van der Waals surface area (Å²) in [5, 5.41) is 45.6. The van der Waals surface area contributed by atoms with Crippen LogP contribution in [0.15, 0.2) is 109 Å². The summed E-state index contributed by atoms with van der Waals surface area (Å²) in [6, 6.07) is 37.1. The highest BCUT2D eigenvalue weighted by Gasteiger charge is 2.43. The standard InChI is InChI=1S/C49H70N2O6/c50-47(55)49(40-54,35-33-44-26-30-46(31-27-44)56-36-16-6-2-1-4-10-18-41-20-12-8-13-21-41)51-48(38-52,39-53)34-32-43-24-28-45(29-25-43)57-37-17-7-3-5-11-19-42-22-14-9-15-23-42/h8-9,12-15,20-31,47,51-55H,1-7,10-11,16-19,32-40,50H2. The van der Waals surface area contributed by atoms with Gasteiger partial charge in [-0.2, -0.15) is 0 Å². The van der Waals surface area contributed by atoms with Crippen LogP contribution in [0.5, 0.6) is 11.5 Å². The van der Waals surface area contributed by atoms with Crippen molar-refractivity contribution in [2.45, 2.75) is 126 Å². The zero-order valence-electron chi connectivity index (χ0n) is 34.2. The first-order chi connectivity index (χ1) is 27.9. The zero-order chi connectivity index (χ0) is 40.4. The third-order valence-electron chi connectivity index (χ3n) is 11.3. The number of ether oxygens (including phenoxy) is 2. The minimum atomic E-state index is -1.43. The summed E-state index contributed by atoms with van der Waals surface area (Å²) in [6.07, 6.45) is 15.5. The normalized spacial score (nSPS) is 13.3. The molecule has 4 aromatic rings. The van der Waals surface area contributed by atoms with Gasteiger partial charge in [0.25, 0.3) is 0 Å². The summed E-state index contributed by atoms with van der Waals surface area (Å²) in [5.41, 5.74) is 8.40. The van der Waals surface area contributed by atoms with Gasteiger partial charge in [0.2, 0.25) is 0 Å². The van der Waals surface area contributed by atoms with E-state index in [1.54, 1.807) is 0 Å². The van der Waals surface area contributed by atoms with Crippen LogP contribution in [0.4, 0.5) is 0 Å². The van der Waals surface area contributed by atoms with Crippen molar-refractivity contribution < 1.29 is 29.9 Å². The molecule has 0 radical (unpaired) electrons. The van der Waals surface area contributed by atoms with Gasteiger partial charge in [-0.25, -0.2) is 0 Å². The molecule has 0 aliphatic rings. The van der Waals surface area contributed by atoms with Crippen LogP contribution in [0, 0.1) is 0 Å². The number of benzene rings is 4. The van der Waals surface area contributed by atoms with Crippen LogP contribution in [0.2, 0.25) is 0 Å². The number of aliphatic hydroxyl groups excluding tert-OH is 4. The van der Waals surface area contributed by atoms with Gasteiger partial charge in [0.05, 0.1) is 44.1 Å². The molecule has 57 heavy (non-hydrogen) atoms. The second kappa shape index (κ2) is 26.3. The van der Waals surface area contributed by atoms with Gasteiger partial charge in [-0.15, -0.1) is 0 Å². The molecule has 2 unspecified atom stereocenters. The van der Waals surface area contributed by atoms with Gasteiger partial charge < -0.3 is 35.6 Å². The Morgan fingerprint density at radius 3 is 1.25 bits per heavy atom. The van der Waals surface area contributed by atoms with Crippen molar-refractivity contribution in [2.75, 3.05) is 33.0 Å². The third kappa shape index (κ3) is 16.9. The number of hydrogen-bond donors (Lipinski definition) is 6. The van der Waals surface area contributed by atoms with Gasteiger partial charge in [-0.1, -0.05) is 130 Å². The highest BCUT2D eigenvalue weighted by Crippen LogP contribution is 2.26. The molecule has 0 saturated carbocycles. The van der Waals surface area contributed by atoms with Gasteiger partial charge in [0.15, 0.2) is 0 Å². The molecule has 0 spiro atoms. The Morgan fingerprint density at radius 2 is 0.842 bits per heavy atom. The highest BCUT2D eigenvalue weighted by molar-refractivity contribution is 5.29. The Morgan fingerprint density at radius 1 is 0.456 bits per heavy atom. The van der Waals surface area contributed by atoms with Crippen molar-refractivity contribution in [1.29, 1.82) is 0 Å². The lowest BCUT2D eigenvalue weighted by Crippen LogP contribution is -2.70. The van der Waals surface area contributed by atoms with Crippen molar-refractivity contribution in [3.05, 3.63) is 131 Å². The summed E-state index contributed by atoms with van der Waals surface area (Å²) in [7, 11) is 0. The van der Waals surface area contributed by atoms with E-state index in [9.17, 15) is 20.4 Å². The van der Waals surface area contributed by atoms with E-state index in [0.717, 1.165) is 61.2 Å². The molecule has 7 N–H and O–H groups in total. The minimum absolute atomic E-state index is 0.286. The van der Waals surface area contributed by atoms with E-state index in [-0.39, 0.29) is 6.42 Å². The van der Waals surface area contributed by atoms with Gasteiger partial charge in [0, 0.05) is 0 Å². The van der Waals surface area contributed by atoms with E-state index >= 15 is 0 Å². The zero-order valence-corrected chi connectivity index (χ0v) is 34.2. The smallest absolute Gasteiger partial charge is 0.123 e. The molecule has 8 heteroatoms. The summed E-state index contributed by atoms with van der Waals surface area (Å²) in [6.45, 7) is 0.0935. The molecule has 4 aromatic carbocycles.